The number of hydrogen-bond donors (Lipinski definition) is 2. The molecule has 0 fully saturated rings. The molecule has 2 aromatic carbocycles. The van der Waals surface area contributed by atoms with Gasteiger partial charge in [0.15, 0.2) is 5.82 Å². The zero-order valence-corrected chi connectivity index (χ0v) is 15.0. The number of methoxy groups -OCH3 is 1. The number of hydrogen-bond acceptors (Lipinski definition) is 4. The summed E-state index contributed by atoms with van der Waals surface area (Å²) in [5, 5.41) is 11.5. The van der Waals surface area contributed by atoms with E-state index in [4.69, 9.17) is 9.72 Å². The Morgan fingerprint density at radius 1 is 1.07 bits per heavy atom. The smallest absolute Gasteiger partial charge is 0.152 e. The van der Waals surface area contributed by atoms with Gasteiger partial charge in [0.2, 0.25) is 0 Å². The third kappa shape index (κ3) is 3.52. The summed E-state index contributed by atoms with van der Waals surface area (Å²) in [4.78, 5) is 4.77. The molecule has 0 aliphatic carbocycles. The van der Waals surface area contributed by atoms with Crippen molar-refractivity contribution < 1.29 is 9.13 Å². The minimum absolute atomic E-state index is 0.281. The van der Waals surface area contributed by atoms with Gasteiger partial charge >= 0.3 is 0 Å². The lowest BCUT2D eigenvalue weighted by molar-refractivity contribution is 0.133. The third-order valence-electron chi connectivity index (χ3n) is 4.38. The highest BCUT2D eigenvalue weighted by molar-refractivity contribution is 5.93. The van der Waals surface area contributed by atoms with E-state index in [1.54, 1.807) is 19.2 Å². The fourth-order valence-corrected chi connectivity index (χ4v) is 3.12. The number of aromatic nitrogens is 3. The standard InChI is InChI=1S/C21H19FN4O/c1-13-11-20(26-25-13)24-18-12-19(23-17-6-4-3-5-16(17)18)21(27-2)14-7-9-15(22)10-8-14/h3-12,21H,1-2H3,(H2,23,24,25,26). The molecule has 2 heterocycles. The Balaban J connectivity index is 1.81. The van der Waals surface area contributed by atoms with Gasteiger partial charge in [0.1, 0.15) is 11.9 Å². The molecule has 0 saturated carbocycles. The van der Waals surface area contributed by atoms with Crippen molar-refractivity contribution in [1.29, 1.82) is 0 Å². The van der Waals surface area contributed by atoms with Crippen LogP contribution in [0.15, 0.2) is 60.7 Å². The van der Waals surface area contributed by atoms with E-state index >= 15 is 0 Å². The maximum Gasteiger partial charge on any atom is 0.152 e. The predicted molar refractivity (Wildman–Crippen MR) is 104 cm³/mol. The first-order valence-corrected chi connectivity index (χ1v) is 8.61. The Hall–Kier alpha value is -3.25. The number of nitrogens with zero attached hydrogens (tertiary/aromatic N) is 2. The Morgan fingerprint density at radius 3 is 2.56 bits per heavy atom. The second kappa shape index (κ2) is 7.17. The molecule has 0 saturated heterocycles. The molecule has 0 spiro atoms. The van der Waals surface area contributed by atoms with Gasteiger partial charge in [0.05, 0.1) is 16.9 Å². The van der Waals surface area contributed by atoms with Crippen LogP contribution in [0.5, 0.6) is 0 Å². The normalized spacial score (nSPS) is 12.3. The predicted octanol–water partition coefficient (Wildman–Crippen LogP) is 4.88. The maximum absolute atomic E-state index is 13.3. The van der Waals surface area contributed by atoms with Gasteiger partial charge in [-0.05, 0) is 36.8 Å². The summed E-state index contributed by atoms with van der Waals surface area (Å²) >= 11 is 0. The average Bonchev–Trinajstić information content (AvgIpc) is 3.09. The van der Waals surface area contributed by atoms with Crippen molar-refractivity contribution in [2.75, 3.05) is 12.4 Å². The Kier molecular flexibility index (Phi) is 4.56. The number of pyridine rings is 1. The van der Waals surface area contributed by atoms with Crippen molar-refractivity contribution in [3.8, 4) is 0 Å². The fourth-order valence-electron chi connectivity index (χ4n) is 3.12. The summed E-state index contributed by atoms with van der Waals surface area (Å²) in [6, 6.07) is 18.0. The van der Waals surface area contributed by atoms with Crippen molar-refractivity contribution in [2.24, 2.45) is 0 Å². The highest BCUT2D eigenvalue weighted by atomic mass is 19.1. The highest BCUT2D eigenvalue weighted by Crippen LogP contribution is 2.31. The molecule has 6 heteroatoms. The van der Waals surface area contributed by atoms with Gasteiger partial charge in [0, 0.05) is 24.3 Å². The van der Waals surface area contributed by atoms with E-state index in [0.717, 1.165) is 39.4 Å². The first-order chi connectivity index (χ1) is 13.1. The summed E-state index contributed by atoms with van der Waals surface area (Å²) in [7, 11) is 1.62. The topological polar surface area (TPSA) is 62.8 Å². The van der Waals surface area contributed by atoms with Crippen LogP contribution in [0.25, 0.3) is 10.9 Å². The zero-order chi connectivity index (χ0) is 18.8. The van der Waals surface area contributed by atoms with Crippen LogP contribution in [0, 0.1) is 12.7 Å². The van der Waals surface area contributed by atoms with E-state index < -0.39 is 6.10 Å². The van der Waals surface area contributed by atoms with E-state index in [2.05, 4.69) is 15.5 Å². The second-order valence-electron chi connectivity index (χ2n) is 6.34. The van der Waals surface area contributed by atoms with Gasteiger partial charge in [0.25, 0.3) is 0 Å². The summed E-state index contributed by atoms with van der Waals surface area (Å²) in [5.41, 5.74) is 4.26. The number of para-hydroxylation sites is 1. The Labute approximate surface area is 156 Å². The monoisotopic (exact) mass is 362 g/mol. The molecule has 27 heavy (non-hydrogen) atoms. The molecular formula is C21H19FN4O. The lowest BCUT2D eigenvalue weighted by Gasteiger charge is -2.18. The number of rotatable bonds is 5. The van der Waals surface area contributed by atoms with Gasteiger partial charge in [-0.1, -0.05) is 30.3 Å². The highest BCUT2D eigenvalue weighted by Gasteiger charge is 2.18. The molecular weight excluding hydrogens is 343 g/mol. The summed E-state index contributed by atoms with van der Waals surface area (Å²) in [6.07, 6.45) is -0.406. The van der Waals surface area contributed by atoms with Crippen molar-refractivity contribution in [3.63, 3.8) is 0 Å². The Morgan fingerprint density at radius 2 is 1.85 bits per heavy atom. The number of ether oxygens (including phenoxy) is 1. The average molecular weight is 362 g/mol. The number of fused-ring (bicyclic) bond motifs is 1. The molecule has 0 amide bonds. The molecule has 4 rings (SSSR count). The van der Waals surface area contributed by atoms with Gasteiger partial charge < -0.3 is 10.1 Å². The molecule has 136 valence electrons. The van der Waals surface area contributed by atoms with Crippen LogP contribution >= 0.6 is 0 Å². The minimum Gasteiger partial charge on any atom is -0.370 e. The van der Waals surface area contributed by atoms with Gasteiger partial charge in [-0.3, -0.25) is 5.10 Å². The molecule has 2 aromatic heterocycles. The van der Waals surface area contributed by atoms with Crippen LogP contribution in [0.1, 0.15) is 23.1 Å². The van der Waals surface area contributed by atoms with E-state index in [9.17, 15) is 4.39 Å². The molecule has 0 aliphatic rings. The minimum atomic E-state index is -0.406. The van der Waals surface area contributed by atoms with Crippen LogP contribution in [0.4, 0.5) is 15.9 Å². The number of aryl methyl sites for hydroxylation is 1. The molecule has 0 bridgehead atoms. The largest absolute Gasteiger partial charge is 0.370 e. The van der Waals surface area contributed by atoms with E-state index in [-0.39, 0.29) is 5.82 Å². The quantitative estimate of drug-likeness (QED) is 0.531. The first kappa shape index (κ1) is 17.2. The van der Waals surface area contributed by atoms with Gasteiger partial charge in [-0.2, -0.15) is 5.10 Å². The van der Waals surface area contributed by atoms with E-state index in [1.807, 2.05) is 43.3 Å². The lowest BCUT2D eigenvalue weighted by Crippen LogP contribution is -2.07. The SMILES string of the molecule is COC(c1ccc(F)cc1)c1cc(Nc2cc(C)[nH]n2)c2ccccc2n1. The molecule has 0 aliphatic heterocycles. The number of nitrogens with one attached hydrogen (secondary N) is 2. The Bertz CT molecular complexity index is 1080. The number of aromatic amines is 1. The van der Waals surface area contributed by atoms with Gasteiger partial charge in [-0.25, -0.2) is 9.37 Å². The number of halogens is 1. The second-order valence-corrected chi connectivity index (χ2v) is 6.34. The fraction of sp³-hybridized carbons (Fsp3) is 0.143. The molecule has 0 radical (unpaired) electrons. The molecule has 1 unspecified atom stereocenters. The number of benzene rings is 2. The summed E-state index contributed by atoms with van der Waals surface area (Å²) in [6.45, 7) is 1.95. The van der Waals surface area contributed by atoms with Crippen LogP contribution in [0.2, 0.25) is 0 Å². The van der Waals surface area contributed by atoms with Crippen LogP contribution in [-0.2, 0) is 4.74 Å². The van der Waals surface area contributed by atoms with Crippen molar-refractivity contribution in [1.82, 2.24) is 15.2 Å². The molecule has 1 atom stereocenters. The van der Waals surface area contributed by atoms with E-state index in [0.29, 0.717) is 0 Å². The van der Waals surface area contributed by atoms with E-state index in [1.165, 1.54) is 12.1 Å². The maximum atomic E-state index is 13.3. The van der Waals surface area contributed by atoms with Crippen LogP contribution in [0.3, 0.4) is 0 Å². The number of anilines is 2. The molecule has 2 N–H and O–H groups in total. The third-order valence-corrected chi connectivity index (χ3v) is 4.38. The van der Waals surface area contributed by atoms with Crippen LogP contribution in [-0.4, -0.2) is 22.3 Å². The number of H-pyrrole nitrogens is 1. The summed E-state index contributed by atoms with van der Waals surface area (Å²) < 4.78 is 19.0. The van der Waals surface area contributed by atoms with Crippen molar-refractivity contribution >= 4 is 22.4 Å². The lowest BCUT2D eigenvalue weighted by atomic mass is 10.0. The zero-order valence-electron chi connectivity index (χ0n) is 15.0. The molecule has 4 aromatic rings. The van der Waals surface area contributed by atoms with Crippen molar-refractivity contribution in [3.05, 3.63) is 83.4 Å². The van der Waals surface area contributed by atoms with Gasteiger partial charge in [-0.15, -0.1) is 0 Å². The van der Waals surface area contributed by atoms with Crippen LogP contribution < -0.4 is 5.32 Å². The summed E-state index contributed by atoms with van der Waals surface area (Å²) in [5.74, 6) is 0.446. The molecule has 5 nitrogen and oxygen atoms in total. The van der Waals surface area contributed by atoms with Crippen molar-refractivity contribution in [2.45, 2.75) is 13.0 Å². The first-order valence-electron chi connectivity index (χ1n) is 8.61.